The van der Waals surface area contributed by atoms with Crippen LogP contribution in [0.5, 0.6) is 5.75 Å². The Hall–Kier alpha value is -1.87. The predicted molar refractivity (Wildman–Crippen MR) is 81.4 cm³/mol. The Kier molecular flexibility index (Phi) is 4.53. The Labute approximate surface area is 118 Å². The van der Waals surface area contributed by atoms with Crippen LogP contribution in [0, 0.1) is 0 Å². The van der Waals surface area contributed by atoms with E-state index < -0.39 is 0 Å². The molecule has 19 heavy (non-hydrogen) atoms. The van der Waals surface area contributed by atoms with Gasteiger partial charge in [0.2, 0.25) is 0 Å². The van der Waals surface area contributed by atoms with Crippen molar-refractivity contribution in [2.75, 3.05) is 17.7 Å². The van der Waals surface area contributed by atoms with E-state index in [1.807, 2.05) is 36.4 Å². The summed E-state index contributed by atoms with van der Waals surface area (Å²) in [5.74, 6) is 0.871. The molecule has 3 nitrogen and oxygen atoms in total. The number of nitrogens with one attached hydrogen (secondary N) is 1. The SMILES string of the molecule is CCCOc1ccc(Nc2ccc(N)cc2Cl)cc1. The molecule has 4 heteroatoms. The fourth-order valence-corrected chi connectivity index (χ4v) is 1.88. The minimum Gasteiger partial charge on any atom is -0.494 e. The van der Waals surface area contributed by atoms with Gasteiger partial charge < -0.3 is 15.8 Å². The Morgan fingerprint density at radius 2 is 1.89 bits per heavy atom. The van der Waals surface area contributed by atoms with Crippen LogP contribution in [0.25, 0.3) is 0 Å². The van der Waals surface area contributed by atoms with Gasteiger partial charge in [-0.2, -0.15) is 0 Å². The zero-order valence-corrected chi connectivity index (χ0v) is 11.6. The highest BCUT2D eigenvalue weighted by Gasteiger charge is 2.01. The van der Waals surface area contributed by atoms with Crippen LogP contribution in [0.4, 0.5) is 17.1 Å². The van der Waals surface area contributed by atoms with Crippen molar-refractivity contribution in [3.8, 4) is 5.75 Å². The third-order valence-electron chi connectivity index (χ3n) is 2.60. The van der Waals surface area contributed by atoms with Crippen LogP contribution in [0.1, 0.15) is 13.3 Å². The second-order valence-electron chi connectivity index (χ2n) is 4.24. The van der Waals surface area contributed by atoms with E-state index in [9.17, 15) is 0 Å². The molecule has 0 saturated carbocycles. The van der Waals surface area contributed by atoms with Crippen LogP contribution in [0.15, 0.2) is 42.5 Å². The van der Waals surface area contributed by atoms with Gasteiger partial charge in [0.15, 0.2) is 0 Å². The summed E-state index contributed by atoms with van der Waals surface area (Å²) in [5.41, 5.74) is 8.10. The summed E-state index contributed by atoms with van der Waals surface area (Å²) in [6.07, 6.45) is 1.00. The van der Waals surface area contributed by atoms with Gasteiger partial charge in [0, 0.05) is 11.4 Å². The zero-order valence-electron chi connectivity index (χ0n) is 10.8. The third-order valence-corrected chi connectivity index (χ3v) is 2.91. The summed E-state index contributed by atoms with van der Waals surface area (Å²) < 4.78 is 5.53. The molecule has 0 amide bonds. The van der Waals surface area contributed by atoms with Crippen LogP contribution in [0.3, 0.4) is 0 Å². The first kappa shape index (κ1) is 13.6. The lowest BCUT2D eigenvalue weighted by Gasteiger charge is -2.10. The topological polar surface area (TPSA) is 47.3 Å². The molecule has 0 radical (unpaired) electrons. The van der Waals surface area contributed by atoms with Crippen molar-refractivity contribution in [3.63, 3.8) is 0 Å². The molecule has 0 heterocycles. The molecule has 2 aromatic rings. The van der Waals surface area contributed by atoms with Gasteiger partial charge in [0.25, 0.3) is 0 Å². The lowest BCUT2D eigenvalue weighted by atomic mass is 10.2. The highest BCUT2D eigenvalue weighted by Crippen LogP contribution is 2.28. The number of rotatable bonds is 5. The van der Waals surface area contributed by atoms with E-state index in [4.69, 9.17) is 22.1 Å². The molecule has 0 saturated heterocycles. The summed E-state index contributed by atoms with van der Waals surface area (Å²) in [7, 11) is 0. The Morgan fingerprint density at radius 3 is 2.53 bits per heavy atom. The van der Waals surface area contributed by atoms with Crippen LogP contribution in [-0.2, 0) is 0 Å². The molecule has 0 aromatic heterocycles. The number of halogens is 1. The molecule has 0 aliphatic carbocycles. The third kappa shape index (κ3) is 3.80. The second kappa shape index (κ2) is 6.34. The van der Waals surface area contributed by atoms with Crippen molar-refractivity contribution >= 4 is 28.7 Å². The average molecular weight is 277 g/mol. The normalized spacial score (nSPS) is 10.2. The van der Waals surface area contributed by atoms with E-state index in [1.54, 1.807) is 6.07 Å². The standard InChI is InChI=1S/C15H17ClN2O/c1-2-9-19-13-6-4-12(5-7-13)18-15-8-3-11(17)10-14(15)16/h3-8,10,18H,2,9,17H2,1H3. The summed E-state index contributed by atoms with van der Waals surface area (Å²) in [5, 5.41) is 3.84. The first-order valence-electron chi connectivity index (χ1n) is 6.24. The Bertz CT molecular complexity index is 540. The van der Waals surface area contributed by atoms with E-state index in [1.165, 1.54) is 0 Å². The van der Waals surface area contributed by atoms with Gasteiger partial charge >= 0.3 is 0 Å². The van der Waals surface area contributed by atoms with E-state index in [0.717, 1.165) is 30.2 Å². The lowest BCUT2D eigenvalue weighted by molar-refractivity contribution is 0.317. The summed E-state index contributed by atoms with van der Waals surface area (Å²) in [6, 6.07) is 13.2. The second-order valence-corrected chi connectivity index (χ2v) is 4.64. The molecule has 100 valence electrons. The minimum atomic E-state index is 0.603. The number of hydrogen-bond acceptors (Lipinski definition) is 3. The van der Waals surface area contributed by atoms with Crippen molar-refractivity contribution in [3.05, 3.63) is 47.5 Å². The maximum atomic E-state index is 6.11. The number of benzene rings is 2. The van der Waals surface area contributed by atoms with Crippen molar-refractivity contribution in [2.45, 2.75) is 13.3 Å². The maximum absolute atomic E-state index is 6.11. The molecule has 0 aliphatic rings. The van der Waals surface area contributed by atoms with Crippen molar-refractivity contribution in [1.82, 2.24) is 0 Å². The van der Waals surface area contributed by atoms with Crippen LogP contribution >= 0.6 is 11.6 Å². The highest BCUT2D eigenvalue weighted by molar-refractivity contribution is 6.33. The number of hydrogen-bond donors (Lipinski definition) is 2. The molecular weight excluding hydrogens is 260 g/mol. The van der Waals surface area contributed by atoms with Crippen molar-refractivity contribution < 1.29 is 4.74 Å². The van der Waals surface area contributed by atoms with Gasteiger partial charge in [-0.3, -0.25) is 0 Å². The molecule has 0 bridgehead atoms. The lowest BCUT2D eigenvalue weighted by Crippen LogP contribution is -1.96. The monoisotopic (exact) mass is 276 g/mol. The number of nitrogen functional groups attached to an aromatic ring is 1. The minimum absolute atomic E-state index is 0.603. The van der Waals surface area contributed by atoms with E-state index in [-0.39, 0.29) is 0 Å². The van der Waals surface area contributed by atoms with Gasteiger partial charge in [-0.15, -0.1) is 0 Å². The summed E-state index contributed by atoms with van der Waals surface area (Å²) in [4.78, 5) is 0. The smallest absolute Gasteiger partial charge is 0.119 e. The van der Waals surface area contributed by atoms with Gasteiger partial charge in [-0.05, 0) is 48.9 Å². The largest absolute Gasteiger partial charge is 0.494 e. The average Bonchev–Trinajstić information content (AvgIpc) is 2.41. The molecule has 0 atom stereocenters. The first-order valence-corrected chi connectivity index (χ1v) is 6.61. The fourth-order valence-electron chi connectivity index (χ4n) is 1.64. The molecule has 3 N–H and O–H groups in total. The highest BCUT2D eigenvalue weighted by atomic mass is 35.5. The van der Waals surface area contributed by atoms with Gasteiger partial charge in [0.05, 0.1) is 17.3 Å². The van der Waals surface area contributed by atoms with E-state index in [0.29, 0.717) is 10.7 Å². The van der Waals surface area contributed by atoms with Crippen molar-refractivity contribution in [1.29, 1.82) is 0 Å². The number of ether oxygens (including phenoxy) is 1. The van der Waals surface area contributed by atoms with E-state index >= 15 is 0 Å². The van der Waals surface area contributed by atoms with Crippen LogP contribution in [0.2, 0.25) is 5.02 Å². The molecule has 2 rings (SSSR count). The Balaban J connectivity index is 2.06. The van der Waals surface area contributed by atoms with Gasteiger partial charge in [0.1, 0.15) is 5.75 Å². The molecule has 0 fully saturated rings. The molecular formula is C15H17ClN2O. The first-order chi connectivity index (χ1) is 9.19. The predicted octanol–water partition coefficient (Wildman–Crippen LogP) is 4.45. The zero-order chi connectivity index (χ0) is 13.7. The number of nitrogens with two attached hydrogens (primary N) is 1. The van der Waals surface area contributed by atoms with Crippen LogP contribution in [-0.4, -0.2) is 6.61 Å². The molecule has 0 aliphatic heterocycles. The number of anilines is 3. The fraction of sp³-hybridized carbons (Fsp3) is 0.200. The van der Waals surface area contributed by atoms with Crippen molar-refractivity contribution in [2.24, 2.45) is 0 Å². The quantitative estimate of drug-likeness (QED) is 0.793. The summed E-state index contributed by atoms with van der Waals surface area (Å²) in [6.45, 7) is 2.82. The maximum Gasteiger partial charge on any atom is 0.119 e. The van der Waals surface area contributed by atoms with E-state index in [2.05, 4.69) is 12.2 Å². The Morgan fingerprint density at radius 1 is 1.16 bits per heavy atom. The summed E-state index contributed by atoms with van der Waals surface area (Å²) >= 11 is 6.11. The van der Waals surface area contributed by atoms with Crippen LogP contribution < -0.4 is 15.8 Å². The van der Waals surface area contributed by atoms with Gasteiger partial charge in [-0.1, -0.05) is 18.5 Å². The molecule has 0 spiro atoms. The molecule has 2 aromatic carbocycles. The molecule has 0 unspecified atom stereocenters. The van der Waals surface area contributed by atoms with Gasteiger partial charge in [-0.25, -0.2) is 0 Å².